The van der Waals surface area contributed by atoms with E-state index in [1.165, 1.54) is 19.1 Å². The van der Waals surface area contributed by atoms with Gasteiger partial charge in [-0.1, -0.05) is 12.1 Å². The zero-order chi connectivity index (χ0) is 17.3. The van der Waals surface area contributed by atoms with Crippen molar-refractivity contribution in [2.75, 3.05) is 6.54 Å². The Bertz CT molecular complexity index is 716. The van der Waals surface area contributed by atoms with Gasteiger partial charge in [0.25, 0.3) is 5.91 Å². The van der Waals surface area contributed by atoms with Crippen molar-refractivity contribution in [1.82, 2.24) is 20.5 Å². The molecule has 1 amide bonds. The summed E-state index contributed by atoms with van der Waals surface area (Å²) >= 11 is 0. The molecule has 0 saturated heterocycles. The van der Waals surface area contributed by atoms with Crippen molar-refractivity contribution >= 4 is 5.91 Å². The van der Waals surface area contributed by atoms with Gasteiger partial charge in [-0.05, 0) is 31.5 Å². The summed E-state index contributed by atoms with van der Waals surface area (Å²) in [4.78, 5) is 15.5. The minimum atomic E-state index is -3.52. The predicted octanol–water partition coefficient (Wildman–Crippen LogP) is 1.37. The molecule has 0 spiro atoms. The molecule has 124 valence electrons. The van der Waals surface area contributed by atoms with Crippen LogP contribution < -0.4 is 5.32 Å². The second-order valence-corrected chi connectivity index (χ2v) is 5.21. The van der Waals surface area contributed by atoms with E-state index in [-0.39, 0.29) is 11.4 Å². The normalized spacial score (nSPS) is 14.3. The van der Waals surface area contributed by atoms with Gasteiger partial charge in [0.1, 0.15) is 11.6 Å². The van der Waals surface area contributed by atoms with E-state index in [1.54, 1.807) is 0 Å². The molecular weight excluding hydrogens is 313 g/mol. The Hall–Kier alpha value is -2.42. The van der Waals surface area contributed by atoms with E-state index in [9.17, 15) is 23.1 Å². The molecule has 1 heterocycles. The Morgan fingerprint density at radius 3 is 2.70 bits per heavy atom. The lowest BCUT2D eigenvalue weighted by atomic mass is 9.95. The summed E-state index contributed by atoms with van der Waals surface area (Å²) in [6, 6.07) is 4.71. The summed E-state index contributed by atoms with van der Waals surface area (Å²) in [5, 5.41) is 17.8. The first kappa shape index (κ1) is 16.9. The Kier molecular flexibility index (Phi) is 4.42. The maximum Gasteiger partial charge on any atom is 0.325 e. The first-order valence-corrected chi connectivity index (χ1v) is 6.67. The number of H-pyrrole nitrogens is 1. The number of benzene rings is 1. The first-order valence-electron chi connectivity index (χ1n) is 6.67. The number of aryl methyl sites for hydroxylation is 1. The van der Waals surface area contributed by atoms with E-state index in [1.807, 2.05) is 5.32 Å². The third-order valence-corrected chi connectivity index (χ3v) is 3.22. The molecule has 1 unspecified atom stereocenters. The number of aromatic amines is 1. The molecule has 0 radical (unpaired) electrons. The highest BCUT2D eigenvalue weighted by atomic mass is 19.3. The van der Waals surface area contributed by atoms with Gasteiger partial charge in [0, 0.05) is 0 Å². The van der Waals surface area contributed by atoms with E-state index in [4.69, 9.17) is 0 Å². The molecule has 0 aliphatic heterocycles. The SMILES string of the molecule is Cc1nc(C(F)(F)CNC(=O)C(C)(O)c2cccc(F)c2)n[nH]1. The zero-order valence-corrected chi connectivity index (χ0v) is 12.4. The molecule has 23 heavy (non-hydrogen) atoms. The summed E-state index contributed by atoms with van der Waals surface area (Å²) in [7, 11) is 0. The van der Waals surface area contributed by atoms with E-state index in [0.29, 0.717) is 0 Å². The lowest BCUT2D eigenvalue weighted by Gasteiger charge is -2.24. The van der Waals surface area contributed by atoms with Crippen LogP contribution >= 0.6 is 0 Å². The summed E-state index contributed by atoms with van der Waals surface area (Å²) in [5.74, 6) is -5.82. The Morgan fingerprint density at radius 2 is 2.13 bits per heavy atom. The number of aliphatic hydroxyl groups is 1. The Balaban J connectivity index is 2.09. The number of carbonyl (C=O) groups excluding carboxylic acids is 1. The first-order chi connectivity index (χ1) is 10.6. The second kappa shape index (κ2) is 5.99. The lowest BCUT2D eigenvalue weighted by molar-refractivity contribution is -0.141. The molecule has 0 aliphatic carbocycles. The topological polar surface area (TPSA) is 90.9 Å². The van der Waals surface area contributed by atoms with Gasteiger partial charge >= 0.3 is 5.92 Å². The molecule has 3 N–H and O–H groups in total. The number of hydrogen-bond donors (Lipinski definition) is 3. The smallest absolute Gasteiger partial charge is 0.325 e. The van der Waals surface area contributed by atoms with Gasteiger partial charge in [0.2, 0.25) is 5.82 Å². The maximum absolute atomic E-state index is 13.9. The fourth-order valence-corrected chi connectivity index (χ4v) is 1.87. The van der Waals surface area contributed by atoms with Crippen LogP contribution in [0.1, 0.15) is 24.1 Å². The van der Waals surface area contributed by atoms with Crippen molar-refractivity contribution in [3.05, 3.63) is 47.3 Å². The van der Waals surface area contributed by atoms with Gasteiger partial charge in [-0.15, -0.1) is 0 Å². The van der Waals surface area contributed by atoms with Gasteiger partial charge in [-0.25, -0.2) is 9.37 Å². The third kappa shape index (κ3) is 3.67. The van der Waals surface area contributed by atoms with Crippen LogP contribution in [0.2, 0.25) is 0 Å². The van der Waals surface area contributed by atoms with Crippen LogP contribution in [0.3, 0.4) is 0 Å². The molecule has 1 atom stereocenters. The van der Waals surface area contributed by atoms with Crippen LogP contribution in [0, 0.1) is 12.7 Å². The Labute approximate surface area is 129 Å². The van der Waals surface area contributed by atoms with Gasteiger partial charge in [-0.3, -0.25) is 9.89 Å². The monoisotopic (exact) mass is 328 g/mol. The summed E-state index contributed by atoms with van der Waals surface area (Å²) in [5.41, 5.74) is -2.21. The van der Waals surface area contributed by atoms with Crippen LogP contribution in [-0.4, -0.2) is 32.7 Å². The van der Waals surface area contributed by atoms with Crippen molar-refractivity contribution in [2.24, 2.45) is 0 Å². The number of hydrogen-bond acceptors (Lipinski definition) is 4. The van der Waals surface area contributed by atoms with Crippen molar-refractivity contribution in [2.45, 2.75) is 25.4 Å². The molecule has 0 bridgehead atoms. The highest BCUT2D eigenvalue weighted by Gasteiger charge is 2.39. The van der Waals surface area contributed by atoms with E-state index >= 15 is 0 Å². The molecular formula is C14H15F3N4O2. The second-order valence-electron chi connectivity index (χ2n) is 5.21. The van der Waals surface area contributed by atoms with Crippen LogP contribution in [0.25, 0.3) is 0 Å². The van der Waals surface area contributed by atoms with Gasteiger partial charge in [-0.2, -0.15) is 13.9 Å². The minimum Gasteiger partial charge on any atom is -0.376 e. The lowest BCUT2D eigenvalue weighted by Crippen LogP contribution is -2.46. The maximum atomic E-state index is 13.9. The van der Waals surface area contributed by atoms with Crippen molar-refractivity contribution in [3.8, 4) is 0 Å². The zero-order valence-electron chi connectivity index (χ0n) is 12.4. The highest BCUT2D eigenvalue weighted by Crippen LogP contribution is 2.25. The Morgan fingerprint density at radius 1 is 1.43 bits per heavy atom. The number of carbonyl (C=O) groups is 1. The molecule has 2 rings (SSSR count). The molecule has 0 aliphatic rings. The predicted molar refractivity (Wildman–Crippen MR) is 74.0 cm³/mol. The van der Waals surface area contributed by atoms with Crippen LogP contribution in [0.5, 0.6) is 0 Å². The summed E-state index contributed by atoms with van der Waals surface area (Å²) < 4.78 is 40.9. The fourth-order valence-electron chi connectivity index (χ4n) is 1.87. The van der Waals surface area contributed by atoms with E-state index in [2.05, 4.69) is 15.2 Å². The molecule has 1 aromatic carbocycles. The fraction of sp³-hybridized carbons (Fsp3) is 0.357. The minimum absolute atomic E-state index is 0.0490. The summed E-state index contributed by atoms with van der Waals surface area (Å²) in [6.07, 6.45) is 0. The van der Waals surface area contributed by atoms with Crippen LogP contribution in [0.4, 0.5) is 13.2 Å². The number of aromatic nitrogens is 3. The van der Waals surface area contributed by atoms with Crippen molar-refractivity contribution in [1.29, 1.82) is 0 Å². The molecule has 0 fully saturated rings. The molecule has 9 heteroatoms. The van der Waals surface area contributed by atoms with Crippen molar-refractivity contribution in [3.63, 3.8) is 0 Å². The third-order valence-electron chi connectivity index (χ3n) is 3.22. The molecule has 2 aromatic rings. The number of amides is 1. The quantitative estimate of drug-likeness (QED) is 0.773. The van der Waals surface area contributed by atoms with Gasteiger partial charge in [0.05, 0.1) is 6.54 Å². The molecule has 0 saturated carbocycles. The molecule has 1 aromatic heterocycles. The number of rotatable bonds is 5. The average Bonchev–Trinajstić information content (AvgIpc) is 2.92. The largest absolute Gasteiger partial charge is 0.376 e. The van der Waals surface area contributed by atoms with Crippen LogP contribution in [0.15, 0.2) is 24.3 Å². The van der Waals surface area contributed by atoms with Crippen LogP contribution in [-0.2, 0) is 16.3 Å². The molecule has 6 nitrogen and oxygen atoms in total. The highest BCUT2D eigenvalue weighted by molar-refractivity contribution is 5.85. The average molecular weight is 328 g/mol. The summed E-state index contributed by atoms with van der Waals surface area (Å²) in [6.45, 7) is 1.45. The number of halogens is 3. The van der Waals surface area contributed by atoms with Gasteiger partial charge < -0.3 is 10.4 Å². The number of nitrogens with one attached hydrogen (secondary N) is 2. The van der Waals surface area contributed by atoms with E-state index in [0.717, 1.165) is 19.1 Å². The van der Waals surface area contributed by atoms with Gasteiger partial charge in [0.15, 0.2) is 5.60 Å². The number of nitrogens with zero attached hydrogens (tertiary/aromatic N) is 2. The number of alkyl halides is 2. The standard InChI is InChI=1S/C14H15F3N4O2/c1-8-19-11(21-20-8)14(16,17)7-18-12(22)13(2,23)9-4-3-5-10(15)6-9/h3-6,23H,7H2,1-2H3,(H,18,22)(H,19,20,21). The van der Waals surface area contributed by atoms with Crippen molar-refractivity contribution < 1.29 is 23.1 Å². The van der Waals surface area contributed by atoms with E-state index < -0.39 is 35.6 Å².